The molecule has 1 heterocycles. The number of halogens is 1. The van der Waals surface area contributed by atoms with Crippen molar-refractivity contribution in [2.75, 3.05) is 31.8 Å². The van der Waals surface area contributed by atoms with Crippen molar-refractivity contribution in [1.82, 2.24) is 14.7 Å². The average molecular weight is 601 g/mol. The largest absolute Gasteiger partial charge is 0.385 e. The van der Waals surface area contributed by atoms with Gasteiger partial charge in [-0.15, -0.1) is 0 Å². The lowest BCUT2D eigenvalue weighted by Gasteiger charge is -2.23. The van der Waals surface area contributed by atoms with Gasteiger partial charge < -0.3 is 15.0 Å². The zero-order valence-electron chi connectivity index (χ0n) is 23.5. The molecule has 41 heavy (non-hydrogen) atoms. The van der Waals surface area contributed by atoms with E-state index < -0.39 is 15.8 Å². The lowest BCUT2D eigenvalue weighted by atomic mass is 9.87. The second-order valence-electron chi connectivity index (χ2n) is 10.6. The first-order valence-electron chi connectivity index (χ1n) is 13.8. The Balaban J connectivity index is 1.50. The molecule has 1 aliphatic rings. The molecule has 1 N–H and O–H groups in total. The Kier molecular flexibility index (Phi) is 10.6. The first-order chi connectivity index (χ1) is 19.7. The highest BCUT2D eigenvalue weighted by molar-refractivity contribution is 7.90. The average Bonchev–Trinajstić information content (AvgIpc) is 3.62. The predicted octanol–water partition coefficient (Wildman–Crippen LogP) is 5.38. The topological polar surface area (TPSA) is 111 Å². The van der Waals surface area contributed by atoms with Crippen LogP contribution in [0, 0.1) is 5.92 Å². The molecule has 1 saturated carbocycles. The summed E-state index contributed by atoms with van der Waals surface area (Å²) in [6, 6.07) is 15.5. The number of nitrogens with one attached hydrogen (secondary N) is 1. The molecule has 1 aromatic heterocycles. The van der Waals surface area contributed by atoms with Crippen molar-refractivity contribution < 1.29 is 22.7 Å². The maximum Gasteiger partial charge on any atom is 0.255 e. The van der Waals surface area contributed by atoms with Gasteiger partial charge in [0.05, 0.1) is 15.8 Å². The highest BCUT2D eigenvalue weighted by atomic mass is 35.5. The van der Waals surface area contributed by atoms with Crippen LogP contribution in [0.2, 0.25) is 5.02 Å². The SMILES string of the molecule is COCCCN(Cn1ccc(NC(=O)[C@H](CC2CCCC2)c2ccc(S(C)(=O)=O)c(Cl)c2)n1)C(=O)c1ccccc1. The van der Waals surface area contributed by atoms with Crippen LogP contribution in [-0.2, 0) is 26.0 Å². The van der Waals surface area contributed by atoms with Gasteiger partial charge in [0.25, 0.3) is 5.91 Å². The summed E-state index contributed by atoms with van der Waals surface area (Å²) >= 11 is 6.34. The van der Waals surface area contributed by atoms with E-state index in [4.69, 9.17) is 16.3 Å². The molecule has 0 aliphatic heterocycles. The number of hydrogen-bond donors (Lipinski definition) is 1. The number of benzene rings is 2. The molecular formula is C30H37ClN4O5S. The molecule has 2 aromatic carbocycles. The van der Waals surface area contributed by atoms with E-state index in [1.165, 1.54) is 6.07 Å². The molecule has 3 aromatic rings. The van der Waals surface area contributed by atoms with Crippen molar-refractivity contribution in [2.45, 2.75) is 56.0 Å². The van der Waals surface area contributed by atoms with Crippen molar-refractivity contribution in [3.63, 3.8) is 0 Å². The second kappa shape index (κ2) is 14.1. The summed E-state index contributed by atoms with van der Waals surface area (Å²) < 4.78 is 30.9. The van der Waals surface area contributed by atoms with Crippen molar-refractivity contribution in [3.8, 4) is 0 Å². The highest BCUT2D eigenvalue weighted by Gasteiger charge is 2.28. The minimum absolute atomic E-state index is 0.0433. The lowest BCUT2D eigenvalue weighted by molar-refractivity contribution is -0.118. The zero-order chi connectivity index (χ0) is 29.4. The zero-order valence-corrected chi connectivity index (χ0v) is 25.0. The van der Waals surface area contributed by atoms with Crippen LogP contribution in [0.5, 0.6) is 0 Å². The number of carbonyl (C=O) groups is 2. The Bertz CT molecular complexity index is 1440. The molecule has 0 bridgehead atoms. The molecule has 4 rings (SSSR count). The molecule has 1 fully saturated rings. The van der Waals surface area contributed by atoms with Crippen LogP contribution in [0.25, 0.3) is 0 Å². The second-order valence-corrected chi connectivity index (χ2v) is 12.9. The van der Waals surface area contributed by atoms with Crippen molar-refractivity contribution >= 4 is 39.1 Å². The normalized spacial score (nSPS) is 14.6. The van der Waals surface area contributed by atoms with Gasteiger partial charge in [0.1, 0.15) is 6.67 Å². The van der Waals surface area contributed by atoms with Gasteiger partial charge in [-0.1, -0.05) is 61.5 Å². The molecule has 0 saturated heterocycles. The summed E-state index contributed by atoms with van der Waals surface area (Å²) in [6.45, 7) is 1.22. The minimum Gasteiger partial charge on any atom is -0.385 e. The summed E-state index contributed by atoms with van der Waals surface area (Å²) in [7, 11) is -1.86. The van der Waals surface area contributed by atoms with Gasteiger partial charge in [0.15, 0.2) is 15.7 Å². The molecule has 1 atom stereocenters. The third-order valence-electron chi connectivity index (χ3n) is 7.41. The number of sulfone groups is 1. The number of aromatic nitrogens is 2. The van der Waals surface area contributed by atoms with Gasteiger partial charge in [-0.05, 0) is 48.6 Å². The molecule has 2 amide bonds. The van der Waals surface area contributed by atoms with E-state index in [0.29, 0.717) is 48.9 Å². The van der Waals surface area contributed by atoms with Gasteiger partial charge in [0, 0.05) is 44.3 Å². The fraction of sp³-hybridized carbons (Fsp3) is 0.433. The summed E-state index contributed by atoms with van der Waals surface area (Å²) in [5, 5.41) is 7.56. The third kappa shape index (κ3) is 8.40. The number of anilines is 1. The van der Waals surface area contributed by atoms with Crippen molar-refractivity contribution in [2.24, 2.45) is 5.92 Å². The van der Waals surface area contributed by atoms with Gasteiger partial charge in [-0.25, -0.2) is 8.42 Å². The Labute approximate surface area is 246 Å². The van der Waals surface area contributed by atoms with E-state index in [1.807, 2.05) is 18.2 Å². The third-order valence-corrected chi connectivity index (χ3v) is 8.99. The van der Waals surface area contributed by atoms with E-state index in [9.17, 15) is 18.0 Å². The van der Waals surface area contributed by atoms with E-state index in [1.54, 1.807) is 53.2 Å². The number of nitrogens with zero attached hydrogens (tertiary/aromatic N) is 3. The van der Waals surface area contributed by atoms with Crippen LogP contribution in [-0.4, -0.2) is 61.4 Å². The monoisotopic (exact) mass is 600 g/mol. The smallest absolute Gasteiger partial charge is 0.255 e. The fourth-order valence-electron chi connectivity index (χ4n) is 5.30. The molecule has 1 aliphatic carbocycles. The Hall–Kier alpha value is -3.21. The quantitative estimate of drug-likeness (QED) is 0.264. The maximum absolute atomic E-state index is 13.6. The lowest BCUT2D eigenvalue weighted by Crippen LogP contribution is -2.34. The number of amides is 2. The summed E-state index contributed by atoms with van der Waals surface area (Å²) in [5.74, 6) is -0.0911. The van der Waals surface area contributed by atoms with Crippen LogP contribution >= 0.6 is 11.6 Å². The van der Waals surface area contributed by atoms with E-state index >= 15 is 0 Å². The molecule has 11 heteroatoms. The van der Waals surface area contributed by atoms with Crippen LogP contribution in [0.3, 0.4) is 0 Å². The Morgan fingerprint density at radius 3 is 2.54 bits per heavy atom. The highest BCUT2D eigenvalue weighted by Crippen LogP contribution is 2.36. The molecule has 0 radical (unpaired) electrons. The van der Waals surface area contributed by atoms with Gasteiger partial charge in [-0.3, -0.25) is 14.3 Å². The Morgan fingerprint density at radius 2 is 1.88 bits per heavy atom. The maximum atomic E-state index is 13.6. The van der Waals surface area contributed by atoms with Crippen molar-refractivity contribution in [1.29, 1.82) is 0 Å². The molecule has 9 nitrogen and oxygen atoms in total. The Morgan fingerprint density at radius 1 is 1.15 bits per heavy atom. The standard InChI is InChI=1S/C30H37ClN4O5S/c1-40-18-8-16-34(30(37)23-11-4-3-5-12-23)21-35-17-15-28(33-35)32-29(36)25(19-22-9-6-7-10-22)24-13-14-27(26(31)20-24)41(2,38)39/h3-5,11-15,17,20,22,25H,6-10,16,18-19,21H2,1-2H3,(H,32,33,36)/t25-/m1/s1. The number of hydrogen-bond acceptors (Lipinski definition) is 6. The molecule has 220 valence electrons. The summed E-state index contributed by atoms with van der Waals surface area (Å²) in [5.41, 5.74) is 1.25. The number of methoxy groups -OCH3 is 1. The van der Waals surface area contributed by atoms with Crippen LogP contribution in [0.1, 0.15) is 60.4 Å². The first kappa shape index (κ1) is 30.7. The number of rotatable bonds is 13. The fourth-order valence-corrected chi connectivity index (χ4v) is 6.64. The summed E-state index contributed by atoms with van der Waals surface area (Å²) in [4.78, 5) is 28.5. The first-order valence-corrected chi connectivity index (χ1v) is 16.1. The molecular weight excluding hydrogens is 564 g/mol. The van der Waals surface area contributed by atoms with Gasteiger partial charge >= 0.3 is 0 Å². The van der Waals surface area contributed by atoms with Gasteiger partial charge in [0.2, 0.25) is 5.91 Å². The molecule has 0 spiro atoms. The summed E-state index contributed by atoms with van der Waals surface area (Å²) in [6.07, 6.45) is 8.53. The minimum atomic E-state index is -3.49. The van der Waals surface area contributed by atoms with E-state index in [2.05, 4.69) is 10.4 Å². The number of carbonyl (C=O) groups excluding carboxylic acids is 2. The van der Waals surface area contributed by atoms with E-state index in [-0.39, 0.29) is 28.4 Å². The van der Waals surface area contributed by atoms with Gasteiger partial charge in [-0.2, -0.15) is 5.10 Å². The van der Waals surface area contributed by atoms with Crippen LogP contribution in [0.4, 0.5) is 5.82 Å². The van der Waals surface area contributed by atoms with Crippen LogP contribution in [0.15, 0.2) is 65.7 Å². The number of ether oxygens (including phenoxy) is 1. The van der Waals surface area contributed by atoms with Crippen molar-refractivity contribution in [3.05, 3.63) is 76.9 Å². The molecule has 0 unspecified atom stereocenters. The predicted molar refractivity (Wildman–Crippen MR) is 159 cm³/mol. The van der Waals surface area contributed by atoms with Crippen LogP contribution < -0.4 is 5.32 Å². The van der Waals surface area contributed by atoms with E-state index in [0.717, 1.165) is 31.9 Å².